The van der Waals surface area contributed by atoms with E-state index in [9.17, 15) is 14.4 Å². The monoisotopic (exact) mass is 459 g/mol. The van der Waals surface area contributed by atoms with Gasteiger partial charge in [0, 0.05) is 25.8 Å². The first kappa shape index (κ1) is 18.3. The van der Waals surface area contributed by atoms with Gasteiger partial charge in [-0.3, -0.25) is 20.4 Å². The number of hydrogen-bond acceptors (Lipinski definition) is 4. The van der Waals surface area contributed by atoms with Gasteiger partial charge in [0.15, 0.2) is 0 Å². The van der Waals surface area contributed by atoms with Gasteiger partial charge >= 0.3 is 5.63 Å². The Kier molecular flexibility index (Phi) is 4.66. The first-order valence-corrected chi connectivity index (χ1v) is 9.20. The molecule has 0 radical (unpaired) electrons. The summed E-state index contributed by atoms with van der Waals surface area (Å²) in [5.74, 6) is -1.36. The van der Waals surface area contributed by atoms with Crippen LogP contribution in [0.15, 0.2) is 62.2 Å². The largest absolute Gasteiger partial charge is 0.422 e. The molecule has 0 bridgehead atoms. The molecule has 4 aromatic rings. The van der Waals surface area contributed by atoms with Crippen molar-refractivity contribution < 1.29 is 14.0 Å². The summed E-state index contributed by atoms with van der Waals surface area (Å²) in [7, 11) is 0. The van der Waals surface area contributed by atoms with Crippen LogP contribution in [0.2, 0.25) is 5.02 Å². The molecule has 7 nitrogen and oxygen atoms in total. The van der Waals surface area contributed by atoms with E-state index in [1.165, 1.54) is 12.1 Å². The second kappa shape index (κ2) is 7.14. The number of H-pyrrole nitrogens is 1. The van der Waals surface area contributed by atoms with Crippen LogP contribution >= 0.6 is 27.5 Å². The number of carbonyl (C=O) groups is 2. The lowest BCUT2D eigenvalue weighted by Crippen LogP contribution is -2.43. The minimum Gasteiger partial charge on any atom is -0.422 e. The Hall–Kier alpha value is -3.10. The molecular weight excluding hydrogens is 450 g/mol. The van der Waals surface area contributed by atoms with Gasteiger partial charge in [0.2, 0.25) is 0 Å². The number of nitrogens with one attached hydrogen (secondary N) is 3. The minimum atomic E-state index is -0.822. The number of aromatic amines is 1. The molecule has 28 heavy (non-hydrogen) atoms. The Labute approximate surface area is 170 Å². The van der Waals surface area contributed by atoms with Crippen LogP contribution in [0.5, 0.6) is 0 Å². The normalized spacial score (nSPS) is 10.9. The van der Waals surface area contributed by atoms with Crippen LogP contribution in [-0.2, 0) is 0 Å². The first-order chi connectivity index (χ1) is 13.4. The topological polar surface area (TPSA) is 104 Å². The fourth-order valence-corrected chi connectivity index (χ4v) is 3.29. The minimum absolute atomic E-state index is 0.254. The van der Waals surface area contributed by atoms with Crippen molar-refractivity contribution in [2.24, 2.45) is 0 Å². The van der Waals surface area contributed by atoms with E-state index in [1.807, 2.05) is 18.2 Å². The van der Waals surface area contributed by atoms with Crippen LogP contribution < -0.4 is 16.5 Å². The molecule has 0 fully saturated rings. The molecule has 2 aromatic heterocycles. The molecule has 0 spiro atoms. The molecule has 2 heterocycles. The Morgan fingerprint density at radius 3 is 2.57 bits per heavy atom. The maximum Gasteiger partial charge on any atom is 0.349 e. The van der Waals surface area contributed by atoms with Gasteiger partial charge in [0.05, 0.1) is 0 Å². The van der Waals surface area contributed by atoms with Crippen LogP contribution in [0.25, 0.3) is 21.9 Å². The summed E-state index contributed by atoms with van der Waals surface area (Å²) >= 11 is 9.28. The quantitative estimate of drug-likeness (QED) is 0.313. The predicted octanol–water partition coefficient (Wildman–Crippen LogP) is 3.77. The van der Waals surface area contributed by atoms with Crippen molar-refractivity contribution in [2.45, 2.75) is 0 Å². The van der Waals surface area contributed by atoms with E-state index in [0.29, 0.717) is 16.0 Å². The summed E-state index contributed by atoms with van der Waals surface area (Å²) in [4.78, 5) is 39.6. The van der Waals surface area contributed by atoms with E-state index >= 15 is 0 Å². The Balaban J connectivity index is 1.53. The number of fused-ring (bicyclic) bond motifs is 2. The SMILES string of the molecule is O=C(NNC(=O)c1cc2cc(Cl)ccc2oc1=O)c1cc2cc(Br)ccc2[nH]1. The standard InChI is InChI=1S/C19H11BrClN3O4/c20-11-1-3-14-9(5-11)8-15(22-14)18(26)24-23-17(25)13-7-10-6-12(21)2-4-16(10)28-19(13)27/h1-8,22H,(H,23,25)(H,24,26). The third-order valence-corrected chi connectivity index (χ3v) is 4.78. The molecule has 0 saturated carbocycles. The predicted molar refractivity (Wildman–Crippen MR) is 108 cm³/mol. The molecule has 140 valence electrons. The number of aromatic nitrogens is 1. The van der Waals surface area contributed by atoms with Crippen molar-refractivity contribution >= 4 is 61.2 Å². The number of rotatable bonds is 2. The lowest BCUT2D eigenvalue weighted by Gasteiger charge is -2.06. The van der Waals surface area contributed by atoms with E-state index in [2.05, 4.69) is 31.8 Å². The van der Waals surface area contributed by atoms with Crippen LogP contribution in [0, 0.1) is 0 Å². The first-order valence-electron chi connectivity index (χ1n) is 8.03. The van der Waals surface area contributed by atoms with Crippen LogP contribution in [-0.4, -0.2) is 16.8 Å². The zero-order chi connectivity index (χ0) is 19.8. The number of carbonyl (C=O) groups excluding carboxylic acids is 2. The molecule has 4 rings (SSSR count). The molecule has 0 saturated heterocycles. The fraction of sp³-hybridized carbons (Fsp3) is 0. The fourth-order valence-electron chi connectivity index (χ4n) is 2.73. The van der Waals surface area contributed by atoms with Gasteiger partial charge in [-0.2, -0.15) is 0 Å². The summed E-state index contributed by atoms with van der Waals surface area (Å²) in [6, 6.07) is 13.2. The van der Waals surface area contributed by atoms with Gasteiger partial charge in [0.25, 0.3) is 11.8 Å². The number of halogens is 2. The van der Waals surface area contributed by atoms with Crippen molar-refractivity contribution in [3.63, 3.8) is 0 Å². The van der Waals surface area contributed by atoms with Crippen molar-refractivity contribution in [1.29, 1.82) is 0 Å². The highest BCUT2D eigenvalue weighted by molar-refractivity contribution is 9.10. The molecule has 0 aliphatic heterocycles. The van der Waals surface area contributed by atoms with Gasteiger partial charge < -0.3 is 9.40 Å². The van der Waals surface area contributed by atoms with E-state index in [-0.39, 0.29) is 11.3 Å². The van der Waals surface area contributed by atoms with E-state index < -0.39 is 17.4 Å². The Morgan fingerprint density at radius 2 is 1.75 bits per heavy atom. The molecular formula is C19H11BrClN3O4. The molecule has 0 aliphatic carbocycles. The van der Waals surface area contributed by atoms with Gasteiger partial charge in [-0.15, -0.1) is 0 Å². The maximum atomic E-state index is 12.3. The Morgan fingerprint density at radius 1 is 0.964 bits per heavy atom. The molecule has 9 heteroatoms. The summed E-state index contributed by atoms with van der Waals surface area (Å²) in [5.41, 5.74) is 4.74. The third-order valence-electron chi connectivity index (χ3n) is 4.06. The number of hydrazine groups is 1. The molecule has 2 amide bonds. The highest BCUT2D eigenvalue weighted by Gasteiger charge is 2.16. The number of amides is 2. The molecule has 0 aliphatic rings. The van der Waals surface area contributed by atoms with Gasteiger partial charge in [-0.25, -0.2) is 4.79 Å². The highest BCUT2D eigenvalue weighted by Crippen LogP contribution is 2.21. The van der Waals surface area contributed by atoms with Crippen LogP contribution in [0.3, 0.4) is 0 Å². The average Bonchev–Trinajstić information content (AvgIpc) is 3.08. The van der Waals surface area contributed by atoms with E-state index in [1.54, 1.807) is 18.2 Å². The van der Waals surface area contributed by atoms with Crippen LogP contribution in [0.1, 0.15) is 20.8 Å². The third kappa shape index (κ3) is 3.51. The van der Waals surface area contributed by atoms with Crippen molar-refractivity contribution in [3.05, 3.63) is 79.7 Å². The summed E-state index contributed by atoms with van der Waals surface area (Å²) < 4.78 is 5.99. The van der Waals surface area contributed by atoms with Crippen molar-refractivity contribution in [3.8, 4) is 0 Å². The van der Waals surface area contributed by atoms with E-state index in [4.69, 9.17) is 16.0 Å². The molecule has 0 unspecified atom stereocenters. The second-order valence-electron chi connectivity index (χ2n) is 5.95. The lowest BCUT2D eigenvalue weighted by molar-refractivity contribution is 0.0842. The number of hydrogen-bond donors (Lipinski definition) is 3. The maximum absolute atomic E-state index is 12.3. The van der Waals surface area contributed by atoms with Crippen molar-refractivity contribution in [1.82, 2.24) is 15.8 Å². The zero-order valence-corrected chi connectivity index (χ0v) is 16.3. The van der Waals surface area contributed by atoms with Crippen LogP contribution in [0.4, 0.5) is 0 Å². The van der Waals surface area contributed by atoms with Gasteiger partial charge in [-0.05, 0) is 48.5 Å². The lowest BCUT2D eigenvalue weighted by atomic mass is 10.2. The van der Waals surface area contributed by atoms with E-state index in [0.717, 1.165) is 15.4 Å². The summed E-state index contributed by atoms with van der Waals surface area (Å²) in [5, 5.41) is 1.76. The van der Waals surface area contributed by atoms with Gasteiger partial charge in [0.1, 0.15) is 16.8 Å². The summed E-state index contributed by atoms with van der Waals surface area (Å²) in [6.07, 6.45) is 0. The number of benzene rings is 2. The Bertz CT molecular complexity index is 1310. The summed E-state index contributed by atoms with van der Waals surface area (Å²) in [6.45, 7) is 0. The molecule has 2 aromatic carbocycles. The zero-order valence-electron chi connectivity index (χ0n) is 14.0. The molecule has 3 N–H and O–H groups in total. The highest BCUT2D eigenvalue weighted by atomic mass is 79.9. The van der Waals surface area contributed by atoms with Gasteiger partial charge in [-0.1, -0.05) is 27.5 Å². The smallest absolute Gasteiger partial charge is 0.349 e. The average molecular weight is 461 g/mol. The van der Waals surface area contributed by atoms with Crippen molar-refractivity contribution in [2.75, 3.05) is 0 Å². The second-order valence-corrected chi connectivity index (χ2v) is 7.30. The molecule has 0 atom stereocenters.